The molecule has 0 aliphatic heterocycles. The molecule has 0 N–H and O–H groups in total. The second kappa shape index (κ2) is 9.30. The highest BCUT2D eigenvalue weighted by Crippen LogP contribution is 2.60. The third-order valence-corrected chi connectivity index (χ3v) is 11.2. The summed E-state index contributed by atoms with van der Waals surface area (Å²) < 4.78 is 0. The maximum atomic E-state index is 2.48. The predicted molar refractivity (Wildman–Crippen MR) is 197 cm³/mol. The molecule has 0 saturated carbocycles. The van der Waals surface area contributed by atoms with Gasteiger partial charge in [0.05, 0.1) is 0 Å². The van der Waals surface area contributed by atoms with Crippen molar-refractivity contribution in [1.82, 2.24) is 0 Å². The van der Waals surface area contributed by atoms with Crippen LogP contribution >= 0.6 is 0 Å². The van der Waals surface area contributed by atoms with Gasteiger partial charge in [0.25, 0.3) is 0 Å². The average molecular weight is 591 g/mol. The van der Waals surface area contributed by atoms with Crippen LogP contribution in [0.2, 0.25) is 0 Å². The number of fused-ring (bicyclic) bond motifs is 9. The van der Waals surface area contributed by atoms with Crippen molar-refractivity contribution >= 4 is 21.5 Å². The largest absolute Gasteiger partial charge is 0.0616 e. The number of hydrogen-bond acceptors (Lipinski definition) is 0. The van der Waals surface area contributed by atoms with Gasteiger partial charge in [-0.2, -0.15) is 0 Å². The van der Waals surface area contributed by atoms with Crippen LogP contribution in [0.3, 0.4) is 0 Å². The summed E-state index contributed by atoms with van der Waals surface area (Å²) in [5.74, 6) is 0. The molecule has 46 heavy (non-hydrogen) atoms. The van der Waals surface area contributed by atoms with Crippen molar-refractivity contribution in [2.45, 2.75) is 52.4 Å². The van der Waals surface area contributed by atoms with Gasteiger partial charge in [-0.1, -0.05) is 125 Å². The Morgan fingerprint density at radius 2 is 0.761 bits per heavy atom. The monoisotopic (exact) mass is 590 g/mol. The Morgan fingerprint density at radius 1 is 0.370 bits per heavy atom. The van der Waals surface area contributed by atoms with E-state index < -0.39 is 0 Å². The quantitative estimate of drug-likeness (QED) is 0.188. The van der Waals surface area contributed by atoms with Gasteiger partial charge >= 0.3 is 0 Å². The fourth-order valence-corrected chi connectivity index (χ4v) is 8.93. The lowest BCUT2D eigenvalue weighted by atomic mass is 9.72. The normalized spacial score (nSPS) is 15.1. The second-order valence-corrected chi connectivity index (χ2v) is 14.7. The Kier molecular flexibility index (Phi) is 5.54. The van der Waals surface area contributed by atoms with Crippen molar-refractivity contribution in [3.63, 3.8) is 0 Å². The number of benzene rings is 7. The van der Waals surface area contributed by atoms with Crippen molar-refractivity contribution in [3.05, 3.63) is 155 Å². The highest BCUT2D eigenvalue weighted by atomic mass is 14.5. The van der Waals surface area contributed by atoms with Crippen LogP contribution in [0.1, 0.15) is 61.1 Å². The molecule has 2 aliphatic rings. The van der Waals surface area contributed by atoms with E-state index in [-0.39, 0.29) is 10.8 Å². The molecule has 0 unspecified atom stereocenters. The van der Waals surface area contributed by atoms with Crippen molar-refractivity contribution in [3.8, 4) is 44.5 Å². The Labute approximate surface area is 272 Å². The highest BCUT2D eigenvalue weighted by Gasteiger charge is 2.46. The second-order valence-electron chi connectivity index (χ2n) is 14.7. The number of hydrogen-bond donors (Lipinski definition) is 0. The minimum atomic E-state index is -0.123. The molecule has 7 aromatic carbocycles. The number of rotatable bonds is 2. The fourth-order valence-electron chi connectivity index (χ4n) is 8.93. The molecule has 0 atom stereocenters. The SMILES string of the molecule is Cc1cc(-c2ccc3ccccc3c2)cc2c1-c1ccc3c(c1C2(C)C)C(C)(C)c1cc(-c2ccc4ccccc4c2)cc(C)c1-3. The summed E-state index contributed by atoms with van der Waals surface area (Å²) in [5.41, 5.74) is 19.2. The lowest BCUT2D eigenvalue weighted by Gasteiger charge is -2.31. The zero-order chi connectivity index (χ0) is 31.5. The lowest BCUT2D eigenvalue weighted by Crippen LogP contribution is -2.24. The van der Waals surface area contributed by atoms with Crippen molar-refractivity contribution in [2.24, 2.45) is 0 Å². The fraction of sp³-hybridized carbons (Fsp3) is 0.174. The standard InChI is InChI=1S/C46H38/c1-27-21-35(33-17-15-29-11-7-9-13-31(29)23-33)25-39-41(27)37-19-20-38-42-28(2)22-36(34-18-16-30-12-8-10-14-32(30)24-34)26-40(42)46(5,6)44(38)43(37)45(39,3)4/h7-26H,1-6H3. The van der Waals surface area contributed by atoms with Gasteiger partial charge in [0.15, 0.2) is 0 Å². The van der Waals surface area contributed by atoms with E-state index in [2.05, 4.69) is 163 Å². The summed E-state index contributed by atoms with van der Waals surface area (Å²) >= 11 is 0. The first-order valence-electron chi connectivity index (χ1n) is 16.6. The van der Waals surface area contributed by atoms with Crippen LogP contribution in [-0.4, -0.2) is 0 Å². The summed E-state index contributed by atoms with van der Waals surface area (Å²) in [4.78, 5) is 0. The smallest absolute Gasteiger partial charge is 0.0162 e. The van der Waals surface area contributed by atoms with Crippen LogP contribution in [-0.2, 0) is 10.8 Å². The van der Waals surface area contributed by atoms with Crippen molar-refractivity contribution in [2.75, 3.05) is 0 Å². The Bertz CT molecular complexity index is 2260. The van der Waals surface area contributed by atoms with Crippen LogP contribution in [0, 0.1) is 13.8 Å². The predicted octanol–water partition coefficient (Wildman–Crippen LogP) is 12.6. The van der Waals surface area contributed by atoms with Gasteiger partial charge in [-0.3, -0.25) is 0 Å². The molecule has 222 valence electrons. The van der Waals surface area contributed by atoms with Crippen LogP contribution in [0.5, 0.6) is 0 Å². The van der Waals surface area contributed by atoms with Gasteiger partial charge in [-0.25, -0.2) is 0 Å². The lowest BCUT2D eigenvalue weighted by molar-refractivity contribution is 0.601. The zero-order valence-electron chi connectivity index (χ0n) is 27.5. The summed E-state index contributed by atoms with van der Waals surface area (Å²) in [5, 5.41) is 5.15. The molecule has 9 rings (SSSR count). The first kappa shape index (κ1) is 27.4. The Hall–Kier alpha value is -4.94. The van der Waals surface area contributed by atoms with Gasteiger partial charge in [0.2, 0.25) is 0 Å². The number of aryl methyl sites for hydroxylation is 2. The van der Waals surface area contributed by atoms with E-state index in [1.165, 1.54) is 99.4 Å². The molecule has 2 aliphatic carbocycles. The van der Waals surface area contributed by atoms with Gasteiger partial charge in [-0.15, -0.1) is 0 Å². The molecule has 0 heterocycles. The van der Waals surface area contributed by atoms with Crippen LogP contribution in [0.25, 0.3) is 66.1 Å². The molecule has 0 nitrogen and oxygen atoms in total. The van der Waals surface area contributed by atoms with Gasteiger partial charge < -0.3 is 0 Å². The molecule has 0 radical (unpaired) electrons. The molecule has 0 spiro atoms. The first-order valence-corrected chi connectivity index (χ1v) is 16.6. The van der Waals surface area contributed by atoms with Gasteiger partial charge in [0.1, 0.15) is 0 Å². The Balaban J connectivity index is 1.20. The minimum Gasteiger partial charge on any atom is -0.0616 e. The van der Waals surface area contributed by atoms with Crippen molar-refractivity contribution in [1.29, 1.82) is 0 Å². The maximum absolute atomic E-state index is 2.48. The van der Waals surface area contributed by atoms with E-state index in [1.54, 1.807) is 0 Å². The molecule has 0 fully saturated rings. The van der Waals surface area contributed by atoms with Gasteiger partial charge in [0, 0.05) is 10.8 Å². The molecule has 0 saturated heterocycles. The van der Waals surface area contributed by atoms with Crippen LogP contribution in [0.4, 0.5) is 0 Å². The maximum Gasteiger partial charge on any atom is 0.0162 e. The minimum absolute atomic E-state index is 0.123. The topological polar surface area (TPSA) is 0 Å². The van der Waals surface area contributed by atoms with Crippen molar-refractivity contribution < 1.29 is 0 Å². The third kappa shape index (κ3) is 3.68. The summed E-state index contributed by atoms with van der Waals surface area (Å²) in [7, 11) is 0. The van der Waals surface area contributed by atoms with E-state index in [1.807, 2.05) is 0 Å². The van der Waals surface area contributed by atoms with Crippen LogP contribution < -0.4 is 0 Å². The van der Waals surface area contributed by atoms with E-state index >= 15 is 0 Å². The van der Waals surface area contributed by atoms with Crippen LogP contribution in [0.15, 0.2) is 121 Å². The molecular formula is C46H38. The molecule has 0 heteroatoms. The van der Waals surface area contributed by atoms with E-state index in [0.29, 0.717) is 0 Å². The average Bonchev–Trinajstić information content (AvgIpc) is 3.43. The highest BCUT2D eigenvalue weighted by molar-refractivity contribution is 5.96. The molecular weight excluding hydrogens is 553 g/mol. The molecule has 7 aromatic rings. The third-order valence-electron chi connectivity index (χ3n) is 11.2. The molecule has 0 aromatic heterocycles. The molecule has 0 bridgehead atoms. The molecule has 0 amide bonds. The summed E-state index contributed by atoms with van der Waals surface area (Å²) in [6, 6.07) is 45.7. The summed E-state index contributed by atoms with van der Waals surface area (Å²) in [6.07, 6.45) is 0. The van der Waals surface area contributed by atoms with E-state index in [9.17, 15) is 0 Å². The van der Waals surface area contributed by atoms with E-state index in [0.717, 1.165) is 0 Å². The Morgan fingerprint density at radius 3 is 1.17 bits per heavy atom. The van der Waals surface area contributed by atoms with E-state index in [4.69, 9.17) is 0 Å². The van der Waals surface area contributed by atoms with Gasteiger partial charge in [-0.05, 0) is 138 Å². The summed E-state index contributed by atoms with van der Waals surface area (Å²) in [6.45, 7) is 14.4. The first-order chi connectivity index (χ1) is 22.1. The zero-order valence-corrected chi connectivity index (χ0v) is 27.5.